The number of fused-ring (bicyclic) bond motifs is 1. The second-order valence-corrected chi connectivity index (χ2v) is 5.15. The molecule has 0 bridgehead atoms. The molecule has 1 N–H and O–H groups in total. The number of nitrogens with one attached hydrogen (secondary N) is 1. The van der Waals surface area contributed by atoms with E-state index >= 15 is 0 Å². The lowest BCUT2D eigenvalue weighted by Crippen LogP contribution is -2.24. The van der Waals surface area contributed by atoms with Crippen LogP contribution in [0.15, 0.2) is 24.3 Å². The number of imidazole rings is 1. The highest BCUT2D eigenvalue weighted by molar-refractivity contribution is 6.30. The van der Waals surface area contributed by atoms with Crippen LogP contribution in [0.25, 0.3) is 0 Å². The summed E-state index contributed by atoms with van der Waals surface area (Å²) < 4.78 is 2.22. The molecule has 2 heterocycles. The molecule has 1 aliphatic heterocycles. The number of hydrogen-bond acceptors (Lipinski definition) is 2. The molecule has 3 rings (SSSR count). The van der Waals surface area contributed by atoms with Crippen LogP contribution in [0, 0.1) is 0 Å². The summed E-state index contributed by atoms with van der Waals surface area (Å²) in [5.41, 5.74) is 3.82. The first-order valence-corrected chi connectivity index (χ1v) is 6.60. The third kappa shape index (κ3) is 2.16. The van der Waals surface area contributed by atoms with Gasteiger partial charge in [0.15, 0.2) is 0 Å². The van der Waals surface area contributed by atoms with Crippen LogP contribution in [0.4, 0.5) is 0 Å². The molecule has 0 amide bonds. The van der Waals surface area contributed by atoms with Gasteiger partial charge in [-0.25, -0.2) is 4.98 Å². The summed E-state index contributed by atoms with van der Waals surface area (Å²) >= 11 is 5.90. The SMILES string of the molecule is Cn1c(Cc2ccc(Cl)cc2)nc2c1CNCC2. The Kier molecular flexibility index (Phi) is 3.10. The molecule has 1 aromatic carbocycles. The lowest BCUT2D eigenvalue weighted by atomic mass is 10.1. The van der Waals surface area contributed by atoms with Crippen LogP contribution < -0.4 is 5.32 Å². The Hall–Kier alpha value is -1.32. The average Bonchev–Trinajstić information content (AvgIpc) is 2.70. The molecule has 0 aliphatic carbocycles. The van der Waals surface area contributed by atoms with Crippen molar-refractivity contribution >= 4 is 11.6 Å². The zero-order chi connectivity index (χ0) is 12.5. The van der Waals surface area contributed by atoms with Crippen LogP contribution in [0.1, 0.15) is 22.8 Å². The summed E-state index contributed by atoms with van der Waals surface area (Å²) in [4.78, 5) is 4.76. The van der Waals surface area contributed by atoms with E-state index in [2.05, 4.69) is 29.1 Å². The summed E-state index contributed by atoms with van der Waals surface area (Å²) in [7, 11) is 2.10. The van der Waals surface area contributed by atoms with Crippen LogP contribution >= 0.6 is 11.6 Å². The van der Waals surface area contributed by atoms with E-state index in [4.69, 9.17) is 16.6 Å². The van der Waals surface area contributed by atoms with Crippen molar-refractivity contribution < 1.29 is 0 Å². The van der Waals surface area contributed by atoms with E-state index in [1.165, 1.54) is 17.0 Å². The van der Waals surface area contributed by atoms with E-state index in [9.17, 15) is 0 Å². The van der Waals surface area contributed by atoms with E-state index in [1.54, 1.807) is 0 Å². The fraction of sp³-hybridized carbons (Fsp3) is 0.357. The van der Waals surface area contributed by atoms with Crippen LogP contribution in [-0.4, -0.2) is 16.1 Å². The number of benzene rings is 1. The van der Waals surface area contributed by atoms with Crippen molar-refractivity contribution in [3.63, 3.8) is 0 Å². The maximum absolute atomic E-state index is 5.90. The van der Waals surface area contributed by atoms with Gasteiger partial charge in [0.05, 0.1) is 11.4 Å². The smallest absolute Gasteiger partial charge is 0.113 e. The molecule has 1 aliphatic rings. The molecule has 0 fully saturated rings. The topological polar surface area (TPSA) is 29.9 Å². The molecule has 18 heavy (non-hydrogen) atoms. The Morgan fingerprint density at radius 1 is 1.33 bits per heavy atom. The lowest BCUT2D eigenvalue weighted by Gasteiger charge is -2.13. The lowest BCUT2D eigenvalue weighted by molar-refractivity contribution is 0.604. The minimum absolute atomic E-state index is 0.780. The summed E-state index contributed by atoms with van der Waals surface area (Å²) in [5.74, 6) is 1.13. The van der Waals surface area contributed by atoms with Crippen molar-refractivity contribution in [2.45, 2.75) is 19.4 Å². The van der Waals surface area contributed by atoms with Gasteiger partial charge in [0.25, 0.3) is 0 Å². The standard InChI is InChI=1S/C14H16ClN3/c1-18-13-9-16-7-6-12(13)17-14(18)8-10-2-4-11(15)5-3-10/h2-5,16H,6-9H2,1H3. The van der Waals surface area contributed by atoms with Crippen molar-refractivity contribution in [1.29, 1.82) is 0 Å². The van der Waals surface area contributed by atoms with E-state index in [-0.39, 0.29) is 0 Å². The first-order chi connectivity index (χ1) is 8.74. The number of halogens is 1. The largest absolute Gasteiger partial charge is 0.333 e. The van der Waals surface area contributed by atoms with Crippen LogP contribution in [-0.2, 0) is 26.4 Å². The summed E-state index contributed by atoms with van der Waals surface area (Å²) in [6, 6.07) is 7.99. The van der Waals surface area contributed by atoms with Gasteiger partial charge in [-0.15, -0.1) is 0 Å². The van der Waals surface area contributed by atoms with Crippen molar-refractivity contribution in [3.8, 4) is 0 Å². The van der Waals surface area contributed by atoms with Gasteiger partial charge in [0.2, 0.25) is 0 Å². The normalized spacial score (nSPS) is 14.6. The second-order valence-electron chi connectivity index (χ2n) is 4.71. The summed E-state index contributed by atoms with van der Waals surface area (Å²) in [6.07, 6.45) is 1.89. The molecular weight excluding hydrogens is 246 g/mol. The van der Waals surface area contributed by atoms with Gasteiger partial charge in [0.1, 0.15) is 5.82 Å². The highest BCUT2D eigenvalue weighted by Gasteiger charge is 2.17. The van der Waals surface area contributed by atoms with Crippen LogP contribution in [0.3, 0.4) is 0 Å². The van der Waals surface area contributed by atoms with E-state index in [1.807, 2.05) is 12.1 Å². The highest BCUT2D eigenvalue weighted by atomic mass is 35.5. The minimum atomic E-state index is 0.780. The van der Waals surface area contributed by atoms with Crippen molar-refractivity contribution in [2.75, 3.05) is 6.54 Å². The van der Waals surface area contributed by atoms with Gasteiger partial charge in [-0.3, -0.25) is 0 Å². The van der Waals surface area contributed by atoms with E-state index in [0.29, 0.717) is 0 Å². The zero-order valence-corrected chi connectivity index (χ0v) is 11.2. The molecule has 4 heteroatoms. The van der Waals surface area contributed by atoms with Gasteiger partial charge in [0, 0.05) is 38.0 Å². The van der Waals surface area contributed by atoms with Gasteiger partial charge >= 0.3 is 0 Å². The molecule has 1 aromatic heterocycles. The number of rotatable bonds is 2. The second kappa shape index (κ2) is 4.75. The Bertz CT molecular complexity index is 557. The Labute approximate surface area is 112 Å². The average molecular weight is 262 g/mol. The maximum atomic E-state index is 5.90. The van der Waals surface area contributed by atoms with E-state index < -0.39 is 0 Å². The summed E-state index contributed by atoms with van der Waals surface area (Å²) in [6.45, 7) is 1.96. The van der Waals surface area contributed by atoms with Crippen molar-refractivity contribution in [3.05, 3.63) is 52.1 Å². The molecule has 94 valence electrons. The van der Waals surface area contributed by atoms with Gasteiger partial charge in [-0.1, -0.05) is 23.7 Å². The first-order valence-electron chi connectivity index (χ1n) is 6.22. The third-order valence-electron chi connectivity index (χ3n) is 3.50. The highest BCUT2D eigenvalue weighted by Crippen LogP contribution is 2.18. The quantitative estimate of drug-likeness (QED) is 0.899. The molecule has 0 radical (unpaired) electrons. The Balaban J connectivity index is 1.88. The van der Waals surface area contributed by atoms with Gasteiger partial charge in [-0.2, -0.15) is 0 Å². The Morgan fingerprint density at radius 2 is 2.11 bits per heavy atom. The van der Waals surface area contributed by atoms with Gasteiger partial charge in [-0.05, 0) is 17.7 Å². The van der Waals surface area contributed by atoms with Crippen LogP contribution in [0.2, 0.25) is 5.02 Å². The fourth-order valence-corrected chi connectivity index (χ4v) is 2.55. The molecular formula is C14H16ClN3. The maximum Gasteiger partial charge on any atom is 0.113 e. The molecule has 0 unspecified atom stereocenters. The Morgan fingerprint density at radius 3 is 2.83 bits per heavy atom. The summed E-state index contributed by atoms with van der Waals surface area (Å²) in [5, 5.41) is 4.17. The molecule has 0 spiro atoms. The third-order valence-corrected chi connectivity index (χ3v) is 3.75. The van der Waals surface area contributed by atoms with Crippen molar-refractivity contribution in [2.24, 2.45) is 7.05 Å². The zero-order valence-electron chi connectivity index (χ0n) is 10.4. The molecule has 0 saturated heterocycles. The van der Waals surface area contributed by atoms with Crippen molar-refractivity contribution in [1.82, 2.24) is 14.9 Å². The minimum Gasteiger partial charge on any atom is -0.333 e. The molecule has 0 saturated carbocycles. The predicted octanol–water partition coefficient (Wildman–Crippen LogP) is 2.31. The molecule has 2 aromatic rings. The molecule has 3 nitrogen and oxygen atoms in total. The van der Waals surface area contributed by atoms with Crippen LogP contribution in [0.5, 0.6) is 0 Å². The predicted molar refractivity (Wildman–Crippen MR) is 72.9 cm³/mol. The molecule has 0 atom stereocenters. The van der Waals surface area contributed by atoms with E-state index in [0.717, 1.165) is 36.8 Å². The fourth-order valence-electron chi connectivity index (χ4n) is 2.42. The first kappa shape index (κ1) is 11.8. The van der Waals surface area contributed by atoms with Gasteiger partial charge < -0.3 is 9.88 Å². The number of aromatic nitrogens is 2. The monoisotopic (exact) mass is 261 g/mol. The number of nitrogens with zero attached hydrogens (tertiary/aromatic N) is 2. The number of hydrogen-bond donors (Lipinski definition) is 1.